The molecule has 0 bridgehead atoms. The van der Waals surface area contributed by atoms with E-state index in [9.17, 15) is 0 Å². The summed E-state index contributed by atoms with van der Waals surface area (Å²) in [6, 6.07) is 5.62. The Balaban J connectivity index is 1.61. The van der Waals surface area contributed by atoms with Crippen molar-refractivity contribution in [2.75, 3.05) is 31.2 Å². The van der Waals surface area contributed by atoms with Gasteiger partial charge in [0.2, 0.25) is 0 Å². The first kappa shape index (κ1) is 18.0. The summed E-state index contributed by atoms with van der Waals surface area (Å²) < 4.78 is 5.64. The van der Waals surface area contributed by atoms with Crippen molar-refractivity contribution in [1.82, 2.24) is 9.97 Å². The van der Waals surface area contributed by atoms with Crippen LogP contribution >= 0.6 is 23.2 Å². The van der Waals surface area contributed by atoms with Gasteiger partial charge in [0.25, 0.3) is 0 Å². The smallest absolute Gasteiger partial charge is 0.150 e. The zero-order chi connectivity index (χ0) is 18.3. The molecule has 1 aromatic carbocycles. The predicted molar refractivity (Wildman–Crippen MR) is 106 cm³/mol. The van der Waals surface area contributed by atoms with Crippen LogP contribution in [0, 0.1) is 19.3 Å². The first-order valence-corrected chi connectivity index (χ1v) is 9.87. The van der Waals surface area contributed by atoms with Crippen LogP contribution in [-0.4, -0.2) is 36.3 Å². The molecule has 0 unspecified atom stereocenters. The van der Waals surface area contributed by atoms with Gasteiger partial charge in [0.05, 0.1) is 33.7 Å². The largest absolute Gasteiger partial charge is 0.381 e. The van der Waals surface area contributed by atoms with E-state index in [1.54, 1.807) is 6.07 Å². The highest BCUT2D eigenvalue weighted by Crippen LogP contribution is 2.41. The fourth-order valence-corrected chi connectivity index (χ4v) is 4.46. The number of hydrogen-bond donors (Lipinski definition) is 0. The summed E-state index contributed by atoms with van der Waals surface area (Å²) in [6.45, 7) is 7.85. The first-order chi connectivity index (χ1) is 12.5. The summed E-state index contributed by atoms with van der Waals surface area (Å²) in [4.78, 5) is 12.1. The lowest BCUT2D eigenvalue weighted by atomic mass is 9.78. The molecule has 26 heavy (non-hydrogen) atoms. The monoisotopic (exact) mass is 391 g/mol. The van der Waals surface area contributed by atoms with Crippen LogP contribution in [0.1, 0.15) is 30.7 Å². The molecular weight excluding hydrogens is 369 g/mol. The van der Waals surface area contributed by atoms with Crippen molar-refractivity contribution in [1.29, 1.82) is 0 Å². The van der Waals surface area contributed by atoms with E-state index in [-0.39, 0.29) is 0 Å². The number of aromatic nitrogens is 2. The third kappa shape index (κ3) is 3.19. The van der Waals surface area contributed by atoms with Crippen molar-refractivity contribution in [2.24, 2.45) is 5.41 Å². The van der Waals surface area contributed by atoms with E-state index in [0.717, 1.165) is 67.6 Å². The normalized spacial score (nSPS) is 19.3. The molecule has 2 saturated heterocycles. The second-order valence-electron chi connectivity index (χ2n) is 7.46. The summed E-state index contributed by atoms with van der Waals surface area (Å²) in [5.41, 5.74) is 3.83. The van der Waals surface area contributed by atoms with Crippen molar-refractivity contribution < 1.29 is 4.74 Å². The molecule has 0 amide bonds. The fraction of sp³-hybridized carbons (Fsp3) is 0.500. The first-order valence-electron chi connectivity index (χ1n) is 9.11. The lowest BCUT2D eigenvalue weighted by Gasteiger charge is -2.39. The van der Waals surface area contributed by atoms with E-state index >= 15 is 0 Å². The second kappa shape index (κ2) is 6.99. The number of aryl methyl sites for hydroxylation is 2. The molecular formula is C20H23Cl2N3O. The highest BCUT2D eigenvalue weighted by atomic mass is 35.5. The van der Waals surface area contributed by atoms with Gasteiger partial charge in [-0.2, -0.15) is 0 Å². The number of rotatable bonds is 2. The number of anilines is 1. The summed E-state index contributed by atoms with van der Waals surface area (Å²) in [7, 11) is 0. The Morgan fingerprint density at radius 2 is 1.81 bits per heavy atom. The molecule has 0 saturated carbocycles. The molecule has 0 N–H and O–H groups in total. The average molecular weight is 392 g/mol. The summed E-state index contributed by atoms with van der Waals surface area (Å²) in [5.74, 6) is 0.984. The van der Waals surface area contributed by atoms with E-state index < -0.39 is 0 Å². The molecule has 0 atom stereocenters. The van der Waals surface area contributed by atoms with Crippen LogP contribution < -0.4 is 4.90 Å². The van der Waals surface area contributed by atoms with Gasteiger partial charge >= 0.3 is 0 Å². The number of benzene rings is 1. The Labute approximate surface area is 164 Å². The van der Waals surface area contributed by atoms with Crippen molar-refractivity contribution in [3.63, 3.8) is 0 Å². The van der Waals surface area contributed by atoms with Gasteiger partial charge in [-0.1, -0.05) is 35.3 Å². The Hall–Kier alpha value is -1.36. The number of ether oxygens (including phenoxy) is 1. The highest BCUT2D eigenvalue weighted by molar-refractivity contribution is 6.43. The summed E-state index contributed by atoms with van der Waals surface area (Å²) in [6.07, 6.45) is 3.51. The van der Waals surface area contributed by atoms with Crippen LogP contribution in [0.25, 0.3) is 11.3 Å². The summed E-state index contributed by atoms with van der Waals surface area (Å²) >= 11 is 12.6. The SMILES string of the molecule is Cc1nc(N2CCC3(CCOC3)CC2)c(C)nc1-c1cccc(Cl)c1Cl. The number of nitrogens with zero attached hydrogens (tertiary/aromatic N) is 3. The molecule has 2 aliphatic rings. The van der Waals surface area contributed by atoms with Gasteiger partial charge < -0.3 is 9.64 Å². The van der Waals surface area contributed by atoms with Crippen molar-refractivity contribution in [3.05, 3.63) is 39.6 Å². The maximum atomic E-state index is 6.39. The molecule has 138 valence electrons. The number of hydrogen-bond acceptors (Lipinski definition) is 4. The predicted octanol–water partition coefficient (Wildman–Crippen LogP) is 5.07. The molecule has 2 fully saturated rings. The van der Waals surface area contributed by atoms with Crippen molar-refractivity contribution in [3.8, 4) is 11.3 Å². The molecule has 4 nitrogen and oxygen atoms in total. The molecule has 4 rings (SSSR count). The third-order valence-corrected chi connectivity index (χ3v) is 6.55. The summed E-state index contributed by atoms with van der Waals surface area (Å²) in [5, 5.41) is 1.06. The van der Waals surface area contributed by atoms with Gasteiger partial charge in [-0.05, 0) is 44.6 Å². The minimum absolute atomic E-state index is 0.390. The van der Waals surface area contributed by atoms with Crippen LogP contribution in [0.15, 0.2) is 18.2 Å². The van der Waals surface area contributed by atoms with Gasteiger partial charge in [-0.15, -0.1) is 0 Å². The topological polar surface area (TPSA) is 38.2 Å². The lowest BCUT2D eigenvalue weighted by Crippen LogP contribution is -2.41. The van der Waals surface area contributed by atoms with E-state index in [2.05, 4.69) is 4.90 Å². The molecule has 0 radical (unpaired) electrons. The van der Waals surface area contributed by atoms with Gasteiger partial charge in [0, 0.05) is 25.3 Å². The maximum Gasteiger partial charge on any atom is 0.150 e. The molecule has 6 heteroatoms. The zero-order valence-electron chi connectivity index (χ0n) is 15.2. The molecule has 0 aliphatic carbocycles. The van der Waals surface area contributed by atoms with E-state index in [1.165, 1.54) is 6.42 Å². The fourth-order valence-electron chi connectivity index (χ4n) is 4.07. The van der Waals surface area contributed by atoms with Gasteiger partial charge in [0.1, 0.15) is 5.82 Å². The lowest BCUT2D eigenvalue weighted by molar-refractivity contribution is 0.133. The number of halogens is 2. The Bertz CT molecular complexity index is 824. The van der Waals surface area contributed by atoms with Crippen LogP contribution in [0.3, 0.4) is 0 Å². The maximum absolute atomic E-state index is 6.39. The zero-order valence-corrected chi connectivity index (χ0v) is 16.7. The Kier molecular flexibility index (Phi) is 4.84. The Morgan fingerprint density at radius 1 is 1.04 bits per heavy atom. The van der Waals surface area contributed by atoms with Crippen molar-refractivity contribution in [2.45, 2.75) is 33.1 Å². The molecule has 1 aromatic heterocycles. The standard InChI is InChI=1S/C20H23Cl2N3O/c1-13-18(15-4-3-5-16(21)17(15)22)23-14(2)19(24-13)25-9-6-20(7-10-25)8-11-26-12-20/h3-5H,6-12H2,1-2H3. The molecule has 1 spiro atoms. The molecule has 2 aromatic rings. The van der Waals surface area contributed by atoms with E-state index in [0.29, 0.717) is 15.5 Å². The minimum atomic E-state index is 0.390. The van der Waals surface area contributed by atoms with Gasteiger partial charge in [-0.3, -0.25) is 0 Å². The third-order valence-electron chi connectivity index (χ3n) is 5.73. The Morgan fingerprint density at radius 3 is 2.50 bits per heavy atom. The quantitative estimate of drug-likeness (QED) is 0.715. The van der Waals surface area contributed by atoms with Crippen molar-refractivity contribution >= 4 is 29.0 Å². The van der Waals surface area contributed by atoms with Crippen LogP contribution in [0.2, 0.25) is 10.0 Å². The average Bonchev–Trinajstić information content (AvgIpc) is 3.08. The van der Waals surface area contributed by atoms with Crippen LogP contribution in [0.5, 0.6) is 0 Å². The number of piperidine rings is 1. The minimum Gasteiger partial charge on any atom is -0.381 e. The van der Waals surface area contributed by atoms with Crippen LogP contribution in [-0.2, 0) is 4.74 Å². The van der Waals surface area contributed by atoms with Crippen LogP contribution in [0.4, 0.5) is 5.82 Å². The van der Waals surface area contributed by atoms with Gasteiger partial charge in [0.15, 0.2) is 0 Å². The second-order valence-corrected chi connectivity index (χ2v) is 8.24. The highest BCUT2D eigenvalue weighted by Gasteiger charge is 2.38. The van der Waals surface area contributed by atoms with Gasteiger partial charge in [-0.25, -0.2) is 9.97 Å². The molecule has 2 aliphatic heterocycles. The van der Waals surface area contributed by atoms with E-state index in [1.807, 2.05) is 26.0 Å². The van der Waals surface area contributed by atoms with E-state index in [4.69, 9.17) is 37.9 Å². The molecule has 3 heterocycles.